The van der Waals surface area contributed by atoms with E-state index in [1.165, 1.54) is 32.5 Å². The van der Waals surface area contributed by atoms with Crippen molar-refractivity contribution < 1.29 is 52.8 Å². The van der Waals surface area contributed by atoms with Crippen molar-refractivity contribution in [1.82, 2.24) is 15.1 Å². The quantitative estimate of drug-likeness (QED) is 0.0483. The van der Waals surface area contributed by atoms with Gasteiger partial charge in [-0.15, -0.1) is 0 Å². The van der Waals surface area contributed by atoms with Gasteiger partial charge in [-0.2, -0.15) is 0 Å². The van der Waals surface area contributed by atoms with Gasteiger partial charge in [-0.1, -0.05) is 64.1 Å². The van der Waals surface area contributed by atoms with Crippen LogP contribution in [0.4, 0.5) is 21.9 Å². The van der Waals surface area contributed by atoms with Gasteiger partial charge in [-0.25, -0.2) is 9.69 Å². The molecule has 0 aliphatic carbocycles. The number of nitrogens with zero attached hydrogens (tertiary/aromatic N) is 4. The number of rotatable bonds is 20. The topological polar surface area (TPSA) is 224 Å². The fourth-order valence-corrected chi connectivity index (χ4v) is 7.75. The lowest BCUT2D eigenvalue weighted by Gasteiger charge is -2.35. The van der Waals surface area contributed by atoms with Crippen molar-refractivity contribution >= 4 is 53.5 Å². The number of fused-ring (bicyclic) bond motifs is 2. The van der Waals surface area contributed by atoms with E-state index >= 15 is 0 Å². The number of nitrogens with two attached hydrogens (primary N) is 1. The highest BCUT2D eigenvalue weighted by Crippen LogP contribution is 2.40. The van der Waals surface area contributed by atoms with Gasteiger partial charge >= 0.3 is 6.09 Å². The van der Waals surface area contributed by atoms with Gasteiger partial charge in [0.1, 0.15) is 12.6 Å². The first-order chi connectivity index (χ1) is 33.7. The van der Waals surface area contributed by atoms with E-state index in [4.69, 9.17) is 29.4 Å². The molecule has 6 rings (SSSR count). The van der Waals surface area contributed by atoms with Crippen LogP contribution in [0.1, 0.15) is 89.2 Å². The Kier molecular flexibility index (Phi) is 21.4. The van der Waals surface area contributed by atoms with Crippen LogP contribution in [0.25, 0.3) is 0 Å². The number of hydrogen-bond acceptors (Lipinski definition) is 13. The Morgan fingerprint density at radius 1 is 0.930 bits per heavy atom. The lowest BCUT2D eigenvalue weighted by molar-refractivity contribution is -0.125. The summed E-state index contributed by atoms with van der Waals surface area (Å²) < 4.78 is 29.4. The molecule has 0 radical (unpaired) electrons. The summed E-state index contributed by atoms with van der Waals surface area (Å²) in [7, 11) is 2.98. The van der Waals surface area contributed by atoms with Gasteiger partial charge < -0.3 is 55.0 Å². The first-order valence-electron chi connectivity index (χ1n) is 23.2. The summed E-state index contributed by atoms with van der Waals surface area (Å²) in [5, 5.41) is 17.2. The molecule has 0 bridgehead atoms. The molecule has 4 unspecified atom stereocenters. The van der Waals surface area contributed by atoms with Crippen molar-refractivity contribution in [2.45, 2.75) is 106 Å². The second kappa shape index (κ2) is 27.1. The van der Waals surface area contributed by atoms with Crippen LogP contribution >= 0.6 is 0 Å². The molecule has 3 aliphatic heterocycles. The number of aryl methyl sites for hydroxylation is 1. The Bertz CT molecular complexity index is 2500. The van der Waals surface area contributed by atoms with Crippen LogP contribution in [-0.4, -0.2) is 110 Å². The number of anilines is 2. The number of hydrogen-bond donors (Lipinski definition) is 4. The Balaban J connectivity index is 0.00000267. The highest BCUT2D eigenvalue weighted by molar-refractivity contribution is 6.04. The summed E-state index contributed by atoms with van der Waals surface area (Å²) in [6.45, 7) is 11.2. The molecule has 0 fully saturated rings. The number of methoxy groups -OCH3 is 2. The van der Waals surface area contributed by atoms with Crippen molar-refractivity contribution in [3.8, 4) is 23.0 Å². The zero-order chi connectivity index (χ0) is 50.9. The number of aliphatic hydroxyl groups excluding tert-OH is 1. The fourth-order valence-electron chi connectivity index (χ4n) is 7.75. The molecule has 3 aliphatic rings. The Hall–Kier alpha value is -7.44. The molecule has 71 heavy (non-hydrogen) atoms. The lowest BCUT2D eigenvalue weighted by Crippen LogP contribution is -2.51. The third-order valence-corrected chi connectivity index (χ3v) is 11.2. The monoisotopic (exact) mass is 980 g/mol. The van der Waals surface area contributed by atoms with E-state index in [-0.39, 0.29) is 63.6 Å². The molecular formula is C53H69N7O11. The maximum Gasteiger partial charge on any atom is 0.416 e. The third-order valence-electron chi connectivity index (χ3n) is 11.2. The van der Waals surface area contributed by atoms with Gasteiger partial charge in [-0.3, -0.25) is 24.2 Å². The van der Waals surface area contributed by atoms with E-state index in [1.807, 2.05) is 44.4 Å². The van der Waals surface area contributed by atoms with Crippen LogP contribution in [0.15, 0.2) is 101 Å². The van der Waals surface area contributed by atoms with Crippen LogP contribution in [0, 0.1) is 6.92 Å². The minimum absolute atomic E-state index is 0. The number of carbonyl (C=O) groups excluding carboxylic acids is 5. The van der Waals surface area contributed by atoms with Crippen LogP contribution in [0.3, 0.4) is 0 Å². The number of nitrogens with one attached hydrogen (secondary N) is 2. The van der Waals surface area contributed by atoms with E-state index < -0.39 is 36.2 Å². The van der Waals surface area contributed by atoms with Gasteiger partial charge in [0.25, 0.3) is 5.91 Å². The van der Waals surface area contributed by atoms with Gasteiger partial charge in [0, 0.05) is 42.9 Å². The summed E-state index contributed by atoms with van der Waals surface area (Å²) in [6, 6.07) is 11.2. The van der Waals surface area contributed by atoms with E-state index in [0.29, 0.717) is 64.6 Å². The maximum absolute atomic E-state index is 14.2. The molecule has 5 N–H and O–H groups in total. The van der Waals surface area contributed by atoms with Crippen LogP contribution < -0.4 is 40.2 Å². The standard InChI is InChI=1S/C49H57N7O11.C3H8.CH4/c1-7-10-33-19-36-25-51-38-22-43(42(64-6)21-37(38)47(60)55(36)27-33)65-16-9-17-66-44-23-39(30(3)18-41(44)63-5)56(48(61)40-20-34(11-8-2)26-54(40)29-57)49(62)67-28-32-12-14-35(15-13-32)53-46(59)31(4)52-45(58)24-50;1-3-2;/h7-8,10-15,18,21-23,25-27,29,31,36,40,48,61H,9,16-17,19-20,24,28,50H2,1-6H3,(H,52,58)(H,53,59);3H2,1-2H3;1H4/b10-7+,11-8+;;. The second-order valence-electron chi connectivity index (χ2n) is 16.6. The molecule has 18 nitrogen and oxygen atoms in total. The van der Waals surface area contributed by atoms with Crippen molar-refractivity contribution in [3.05, 3.63) is 113 Å². The number of aliphatic imine (C=N–C) groups is 1. The van der Waals surface area contributed by atoms with E-state index in [2.05, 4.69) is 29.5 Å². The summed E-state index contributed by atoms with van der Waals surface area (Å²) in [5.41, 5.74) is 9.79. The third kappa shape index (κ3) is 14.3. The minimum Gasteiger partial charge on any atom is -0.493 e. The van der Waals surface area contributed by atoms with E-state index in [1.54, 1.807) is 72.8 Å². The Labute approximate surface area is 416 Å². The smallest absolute Gasteiger partial charge is 0.416 e. The van der Waals surface area contributed by atoms with Crippen molar-refractivity contribution in [2.75, 3.05) is 44.2 Å². The summed E-state index contributed by atoms with van der Waals surface area (Å²) >= 11 is 0. The molecule has 0 saturated carbocycles. The number of carbonyl (C=O) groups is 5. The predicted molar refractivity (Wildman–Crippen MR) is 274 cm³/mol. The summed E-state index contributed by atoms with van der Waals surface area (Å²) in [5.74, 6) is 0.306. The zero-order valence-corrected chi connectivity index (χ0v) is 41.1. The number of amides is 5. The van der Waals surface area contributed by atoms with Gasteiger partial charge in [0.2, 0.25) is 18.2 Å². The summed E-state index contributed by atoms with van der Waals surface area (Å²) in [6.07, 6.45) is 13.5. The fraction of sp³-hybridized carbons (Fsp3) is 0.396. The van der Waals surface area contributed by atoms with Crippen molar-refractivity contribution in [3.63, 3.8) is 0 Å². The molecule has 0 saturated heterocycles. The molecule has 5 amide bonds. The van der Waals surface area contributed by atoms with Crippen molar-refractivity contribution in [1.29, 1.82) is 0 Å². The average Bonchev–Trinajstić information content (AvgIpc) is 3.94. The van der Waals surface area contributed by atoms with E-state index in [9.17, 15) is 29.1 Å². The molecule has 3 aromatic carbocycles. The van der Waals surface area contributed by atoms with Gasteiger partial charge in [0.15, 0.2) is 29.2 Å². The molecule has 0 spiro atoms. The second-order valence-corrected chi connectivity index (χ2v) is 16.6. The number of aliphatic hydroxyl groups is 1. The number of benzene rings is 3. The first kappa shape index (κ1) is 56.2. The maximum atomic E-state index is 14.2. The van der Waals surface area contributed by atoms with Crippen LogP contribution in [-0.2, 0) is 25.7 Å². The predicted octanol–water partition coefficient (Wildman–Crippen LogP) is 7.86. The zero-order valence-electron chi connectivity index (χ0n) is 41.1. The number of ether oxygens (including phenoxy) is 5. The van der Waals surface area contributed by atoms with Crippen molar-refractivity contribution in [2.24, 2.45) is 10.7 Å². The molecule has 0 aromatic heterocycles. The Morgan fingerprint density at radius 3 is 2.15 bits per heavy atom. The SMILES string of the molecule is C.C/C=C/C1=CN(C=O)C(C(O)N(C(=O)OCc2ccc(NC(=O)C(C)NC(=O)CN)cc2)c2cc(OCCCOc3cc4c(cc3OC)C(=O)N3C=C(/C=C/C)CC3C=N4)c(OC)cc2C)C1.CCC. The first-order valence-corrected chi connectivity index (χ1v) is 23.2. The molecule has 382 valence electrons. The van der Waals surface area contributed by atoms with E-state index in [0.717, 1.165) is 16.0 Å². The largest absolute Gasteiger partial charge is 0.493 e. The van der Waals surface area contributed by atoms with Crippen LogP contribution in [0.2, 0.25) is 0 Å². The van der Waals surface area contributed by atoms with Crippen LogP contribution in [0.5, 0.6) is 23.0 Å². The normalized spacial score (nSPS) is 16.5. The molecule has 3 heterocycles. The molecule has 3 aromatic rings. The Morgan fingerprint density at radius 2 is 1.55 bits per heavy atom. The summed E-state index contributed by atoms with van der Waals surface area (Å²) in [4.78, 5) is 72.9. The molecular weight excluding hydrogens is 911 g/mol. The lowest BCUT2D eigenvalue weighted by atomic mass is 10.1. The number of allylic oxidation sites excluding steroid dienone is 4. The van der Waals surface area contributed by atoms with Gasteiger partial charge in [-0.05, 0) is 87.1 Å². The highest BCUT2D eigenvalue weighted by Gasteiger charge is 2.39. The molecule has 18 heteroatoms. The molecule has 4 atom stereocenters. The minimum atomic E-state index is -1.58. The highest BCUT2D eigenvalue weighted by atomic mass is 16.6. The average molecular weight is 980 g/mol. The van der Waals surface area contributed by atoms with Gasteiger partial charge in [0.05, 0.1) is 63.0 Å².